The van der Waals surface area contributed by atoms with Crippen molar-refractivity contribution in [3.05, 3.63) is 34.4 Å². The number of ether oxygens (including phenoxy) is 1. The van der Waals surface area contributed by atoms with Gasteiger partial charge in [0.15, 0.2) is 0 Å². The van der Waals surface area contributed by atoms with Gasteiger partial charge in [0.05, 0.1) is 6.61 Å². The molecule has 1 fully saturated rings. The Morgan fingerprint density at radius 1 is 1.46 bits per heavy atom. The standard InChI is InChI=1S/C19H23ClN2O2/c1-3-24-18-9-8-16(20)11-14(18)10-15(12-21)19(23)22-17-7-5-4-6-13(17)2/h8-11,13,17H,3-7H2,1-2H3,(H,22,23)/b15-10+/t13-,17+/m1/s1. The predicted octanol–water partition coefficient (Wildman–Crippen LogP) is 4.34. The van der Waals surface area contributed by atoms with E-state index in [0.29, 0.717) is 28.9 Å². The number of benzene rings is 1. The summed E-state index contributed by atoms with van der Waals surface area (Å²) >= 11 is 6.03. The summed E-state index contributed by atoms with van der Waals surface area (Å²) in [6, 6.07) is 7.29. The minimum Gasteiger partial charge on any atom is -0.493 e. The molecule has 4 nitrogen and oxygen atoms in total. The number of nitrogens with zero attached hydrogens (tertiary/aromatic N) is 1. The van der Waals surface area contributed by atoms with Crippen LogP contribution < -0.4 is 10.1 Å². The van der Waals surface area contributed by atoms with Crippen LogP contribution in [-0.2, 0) is 4.79 Å². The zero-order valence-electron chi connectivity index (χ0n) is 14.1. The van der Waals surface area contributed by atoms with Crippen molar-refractivity contribution in [1.29, 1.82) is 5.26 Å². The Morgan fingerprint density at radius 3 is 2.88 bits per heavy atom. The first-order valence-electron chi connectivity index (χ1n) is 8.40. The van der Waals surface area contributed by atoms with E-state index in [1.165, 1.54) is 6.42 Å². The van der Waals surface area contributed by atoms with Crippen LogP contribution >= 0.6 is 11.6 Å². The number of rotatable bonds is 5. The van der Waals surface area contributed by atoms with Gasteiger partial charge >= 0.3 is 0 Å². The third-order valence-electron chi connectivity index (χ3n) is 4.36. The van der Waals surface area contributed by atoms with Crippen LogP contribution in [0.1, 0.15) is 45.1 Å². The maximum Gasteiger partial charge on any atom is 0.262 e. The Kier molecular flexibility index (Phi) is 6.69. The average Bonchev–Trinajstić information content (AvgIpc) is 2.57. The van der Waals surface area contributed by atoms with Crippen LogP contribution in [0.4, 0.5) is 0 Å². The molecule has 1 aromatic carbocycles. The molecule has 1 N–H and O–H groups in total. The van der Waals surface area contributed by atoms with Gasteiger partial charge in [-0.25, -0.2) is 0 Å². The summed E-state index contributed by atoms with van der Waals surface area (Å²) in [4.78, 5) is 12.5. The molecule has 1 saturated carbocycles. The number of nitrogens with one attached hydrogen (secondary N) is 1. The zero-order valence-corrected chi connectivity index (χ0v) is 14.9. The molecule has 0 spiro atoms. The highest BCUT2D eigenvalue weighted by molar-refractivity contribution is 6.30. The van der Waals surface area contributed by atoms with Crippen molar-refractivity contribution in [2.75, 3.05) is 6.61 Å². The van der Waals surface area contributed by atoms with Crippen LogP contribution in [0, 0.1) is 17.2 Å². The lowest BCUT2D eigenvalue weighted by molar-refractivity contribution is -0.118. The van der Waals surface area contributed by atoms with Crippen molar-refractivity contribution in [3.63, 3.8) is 0 Å². The Labute approximate surface area is 148 Å². The van der Waals surface area contributed by atoms with Crippen LogP contribution in [0.2, 0.25) is 5.02 Å². The lowest BCUT2D eigenvalue weighted by Crippen LogP contribution is -2.41. The van der Waals surface area contributed by atoms with Crippen molar-refractivity contribution in [2.45, 2.75) is 45.6 Å². The molecule has 0 heterocycles. The minimum atomic E-state index is -0.335. The van der Waals surface area contributed by atoms with Crippen molar-refractivity contribution >= 4 is 23.6 Å². The van der Waals surface area contributed by atoms with Gasteiger partial charge in [0.1, 0.15) is 17.4 Å². The van der Waals surface area contributed by atoms with Gasteiger partial charge in [0, 0.05) is 16.6 Å². The third-order valence-corrected chi connectivity index (χ3v) is 4.60. The summed E-state index contributed by atoms with van der Waals surface area (Å²) in [5.74, 6) is 0.708. The largest absolute Gasteiger partial charge is 0.493 e. The van der Waals surface area contributed by atoms with E-state index in [2.05, 4.69) is 12.2 Å². The van der Waals surface area contributed by atoms with E-state index in [4.69, 9.17) is 16.3 Å². The van der Waals surface area contributed by atoms with E-state index in [9.17, 15) is 10.1 Å². The number of carbonyl (C=O) groups is 1. The van der Waals surface area contributed by atoms with Gasteiger partial charge in [-0.1, -0.05) is 31.4 Å². The summed E-state index contributed by atoms with van der Waals surface area (Å²) < 4.78 is 5.54. The zero-order chi connectivity index (χ0) is 17.5. The first kappa shape index (κ1) is 18.4. The second kappa shape index (κ2) is 8.75. The third kappa shape index (κ3) is 4.75. The van der Waals surface area contributed by atoms with E-state index in [-0.39, 0.29) is 17.5 Å². The van der Waals surface area contributed by atoms with Crippen molar-refractivity contribution in [2.24, 2.45) is 5.92 Å². The van der Waals surface area contributed by atoms with E-state index in [1.807, 2.05) is 13.0 Å². The molecule has 5 heteroatoms. The highest BCUT2D eigenvalue weighted by Crippen LogP contribution is 2.26. The van der Waals surface area contributed by atoms with Gasteiger partial charge in [0.2, 0.25) is 0 Å². The summed E-state index contributed by atoms with van der Waals surface area (Å²) in [5.41, 5.74) is 0.698. The molecule has 0 aliphatic heterocycles. The monoisotopic (exact) mass is 346 g/mol. The van der Waals surface area contributed by atoms with Gasteiger partial charge in [-0.05, 0) is 50.0 Å². The van der Waals surface area contributed by atoms with Gasteiger partial charge in [-0.2, -0.15) is 5.26 Å². The Hall–Kier alpha value is -1.99. The molecule has 24 heavy (non-hydrogen) atoms. The molecule has 1 aliphatic carbocycles. The quantitative estimate of drug-likeness (QED) is 0.637. The molecule has 1 amide bonds. The lowest BCUT2D eigenvalue weighted by Gasteiger charge is -2.29. The van der Waals surface area contributed by atoms with E-state index < -0.39 is 0 Å². The Morgan fingerprint density at radius 2 is 2.21 bits per heavy atom. The van der Waals surface area contributed by atoms with Gasteiger partial charge in [-0.3, -0.25) is 4.79 Å². The van der Waals surface area contributed by atoms with Crippen LogP contribution in [0.25, 0.3) is 6.08 Å². The summed E-state index contributed by atoms with van der Waals surface area (Å²) in [6.07, 6.45) is 5.93. The van der Waals surface area contributed by atoms with Gasteiger partial charge < -0.3 is 10.1 Å². The number of carbonyl (C=O) groups excluding carboxylic acids is 1. The summed E-state index contributed by atoms with van der Waals surface area (Å²) in [6.45, 7) is 4.52. The average molecular weight is 347 g/mol. The molecule has 1 aromatic rings. The number of nitriles is 1. The topological polar surface area (TPSA) is 62.1 Å². The normalized spacial score (nSPS) is 21.0. The van der Waals surface area contributed by atoms with Gasteiger partial charge in [-0.15, -0.1) is 0 Å². The van der Waals surface area contributed by atoms with E-state index in [0.717, 1.165) is 19.3 Å². The maximum absolute atomic E-state index is 12.5. The minimum absolute atomic E-state index is 0.0657. The van der Waals surface area contributed by atoms with Crippen LogP contribution in [0.15, 0.2) is 23.8 Å². The van der Waals surface area contributed by atoms with Crippen LogP contribution in [0.5, 0.6) is 5.75 Å². The molecule has 0 unspecified atom stereocenters. The van der Waals surface area contributed by atoms with E-state index in [1.54, 1.807) is 24.3 Å². The Bertz CT molecular complexity index is 664. The lowest BCUT2D eigenvalue weighted by atomic mass is 9.86. The fraction of sp³-hybridized carbons (Fsp3) is 0.474. The number of hydrogen-bond donors (Lipinski definition) is 1. The molecule has 0 aromatic heterocycles. The second-order valence-electron chi connectivity index (χ2n) is 6.13. The highest BCUT2D eigenvalue weighted by atomic mass is 35.5. The number of halogens is 1. The maximum atomic E-state index is 12.5. The number of hydrogen-bond acceptors (Lipinski definition) is 3. The molecule has 0 radical (unpaired) electrons. The van der Waals surface area contributed by atoms with Crippen LogP contribution in [0.3, 0.4) is 0 Å². The van der Waals surface area contributed by atoms with Crippen molar-refractivity contribution in [3.8, 4) is 11.8 Å². The fourth-order valence-electron chi connectivity index (χ4n) is 3.00. The first-order valence-corrected chi connectivity index (χ1v) is 8.78. The van der Waals surface area contributed by atoms with Crippen molar-refractivity contribution in [1.82, 2.24) is 5.32 Å². The molecule has 128 valence electrons. The number of amides is 1. The van der Waals surface area contributed by atoms with Gasteiger partial charge in [0.25, 0.3) is 5.91 Å². The van der Waals surface area contributed by atoms with Crippen LogP contribution in [-0.4, -0.2) is 18.6 Å². The molecule has 2 atom stereocenters. The highest BCUT2D eigenvalue weighted by Gasteiger charge is 2.24. The summed E-state index contributed by atoms with van der Waals surface area (Å²) in [7, 11) is 0. The smallest absolute Gasteiger partial charge is 0.262 e. The second-order valence-corrected chi connectivity index (χ2v) is 6.56. The van der Waals surface area contributed by atoms with E-state index >= 15 is 0 Å². The van der Waals surface area contributed by atoms with Crippen molar-refractivity contribution < 1.29 is 9.53 Å². The predicted molar refractivity (Wildman–Crippen MR) is 95.8 cm³/mol. The Balaban J connectivity index is 2.21. The molecular formula is C19H23ClN2O2. The molecule has 0 bridgehead atoms. The molecular weight excluding hydrogens is 324 g/mol. The SMILES string of the molecule is CCOc1ccc(Cl)cc1/C=C(\C#N)C(=O)N[C@H]1CCCC[C@H]1C. The summed E-state index contributed by atoms with van der Waals surface area (Å²) in [5, 5.41) is 12.9. The molecule has 1 aliphatic rings. The molecule has 0 saturated heterocycles. The first-order chi connectivity index (χ1) is 11.5. The fourth-order valence-corrected chi connectivity index (χ4v) is 3.18. The molecule has 2 rings (SSSR count).